The first-order valence-electron chi connectivity index (χ1n) is 7.99. The zero-order valence-corrected chi connectivity index (χ0v) is 14.7. The van der Waals surface area contributed by atoms with Gasteiger partial charge in [0.2, 0.25) is 0 Å². The van der Waals surface area contributed by atoms with Gasteiger partial charge in [0.15, 0.2) is 0 Å². The van der Waals surface area contributed by atoms with E-state index in [0.717, 1.165) is 19.2 Å². The van der Waals surface area contributed by atoms with Crippen LogP contribution in [0.2, 0.25) is 0 Å². The van der Waals surface area contributed by atoms with E-state index in [0.29, 0.717) is 6.04 Å². The Kier molecular flexibility index (Phi) is 15.9. The Hall–Kier alpha value is -0.120. The second-order valence-corrected chi connectivity index (χ2v) is 5.21. The van der Waals surface area contributed by atoms with Gasteiger partial charge in [-0.1, -0.05) is 34.1 Å². The highest BCUT2D eigenvalue weighted by atomic mass is 16.5. The lowest BCUT2D eigenvalue weighted by atomic mass is 10.2. The Morgan fingerprint density at radius 2 is 1.79 bits per heavy atom. The first-order valence-corrected chi connectivity index (χ1v) is 7.99. The molecule has 19 heavy (non-hydrogen) atoms. The summed E-state index contributed by atoms with van der Waals surface area (Å²) in [7, 11) is 3.97. The van der Waals surface area contributed by atoms with Crippen LogP contribution in [0.25, 0.3) is 0 Å². The van der Waals surface area contributed by atoms with Gasteiger partial charge in [0.05, 0.1) is 6.61 Å². The van der Waals surface area contributed by atoms with Gasteiger partial charge in [-0.3, -0.25) is 9.80 Å². The van der Waals surface area contributed by atoms with E-state index in [1.165, 1.54) is 25.9 Å². The summed E-state index contributed by atoms with van der Waals surface area (Å²) >= 11 is 0. The molecule has 0 amide bonds. The summed E-state index contributed by atoms with van der Waals surface area (Å²) in [5.74, 6) is 0. The number of likely N-dealkylation sites (tertiary alicyclic amines) is 1. The molecule has 0 aromatic heterocycles. The highest BCUT2D eigenvalue weighted by Gasteiger charge is 2.26. The maximum Gasteiger partial charge on any atom is 0.0589 e. The smallest absolute Gasteiger partial charge is 0.0589 e. The lowest BCUT2D eigenvalue weighted by Gasteiger charge is -2.25. The van der Waals surface area contributed by atoms with Crippen LogP contribution in [0.4, 0.5) is 0 Å². The van der Waals surface area contributed by atoms with E-state index < -0.39 is 0 Å². The van der Waals surface area contributed by atoms with Gasteiger partial charge in [0.25, 0.3) is 0 Å². The van der Waals surface area contributed by atoms with Gasteiger partial charge in [0.1, 0.15) is 0 Å². The van der Waals surface area contributed by atoms with Crippen molar-refractivity contribution in [2.75, 3.05) is 40.4 Å². The minimum Gasteiger partial charge on any atom is -0.383 e. The zero-order valence-electron chi connectivity index (χ0n) is 14.7. The molecule has 1 saturated heterocycles. The van der Waals surface area contributed by atoms with Crippen LogP contribution in [0.3, 0.4) is 0 Å². The quantitative estimate of drug-likeness (QED) is 0.763. The van der Waals surface area contributed by atoms with E-state index in [1.807, 2.05) is 13.8 Å². The van der Waals surface area contributed by atoms with Gasteiger partial charge in [-0.05, 0) is 27.3 Å². The molecule has 1 aliphatic heterocycles. The number of ether oxygens (including phenoxy) is 1. The van der Waals surface area contributed by atoms with E-state index in [4.69, 9.17) is 4.74 Å². The monoisotopic (exact) mass is 274 g/mol. The number of nitrogens with zero attached hydrogens (tertiary/aromatic N) is 2. The van der Waals surface area contributed by atoms with Crippen molar-refractivity contribution in [3.05, 3.63) is 0 Å². The molecule has 0 N–H and O–H groups in total. The molecule has 3 nitrogen and oxygen atoms in total. The van der Waals surface area contributed by atoms with Gasteiger partial charge >= 0.3 is 0 Å². The predicted octanol–water partition coefficient (Wildman–Crippen LogP) is 3.49. The first kappa shape index (κ1) is 21.2. The molecule has 0 aliphatic carbocycles. The van der Waals surface area contributed by atoms with Crippen LogP contribution in [0, 0.1) is 0 Å². The summed E-state index contributed by atoms with van der Waals surface area (Å²) in [6.45, 7) is 17.2. The van der Waals surface area contributed by atoms with Crippen molar-refractivity contribution >= 4 is 0 Å². The second-order valence-electron chi connectivity index (χ2n) is 5.21. The van der Waals surface area contributed by atoms with Crippen molar-refractivity contribution in [2.24, 2.45) is 0 Å². The third-order valence-electron chi connectivity index (χ3n) is 3.20. The molecule has 0 aromatic rings. The molecule has 0 aromatic carbocycles. The molecule has 1 fully saturated rings. The van der Waals surface area contributed by atoms with Gasteiger partial charge in [-0.25, -0.2) is 0 Å². The summed E-state index contributed by atoms with van der Waals surface area (Å²) < 4.78 is 5.09. The molecule has 1 rings (SSSR count). The summed E-state index contributed by atoms with van der Waals surface area (Å²) in [5, 5.41) is 0. The summed E-state index contributed by atoms with van der Waals surface area (Å²) in [6.07, 6.45) is 2.55. The van der Waals surface area contributed by atoms with E-state index in [-0.39, 0.29) is 0 Å². The maximum atomic E-state index is 5.09. The number of likely N-dealkylation sites (N-methyl/N-ethyl adjacent to an activating group) is 1. The lowest BCUT2D eigenvalue weighted by molar-refractivity contribution is 0.137. The summed E-state index contributed by atoms with van der Waals surface area (Å²) in [4.78, 5) is 4.97. The average molecular weight is 274 g/mol. The third kappa shape index (κ3) is 10.3. The lowest BCUT2D eigenvalue weighted by Crippen LogP contribution is -2.38. The summed E-state index contributed by atoms with van der Waals surface area (Å²) in [6, 6.07) is 1.42. The Labute approximate surface area is 122 Å². The SMILES string of the molecule is CC.CCC.COCCN(C)C1CCN(C(C)C)C1. The molecule has 1 heterocycles. The van der Waals surface area contributed by atoms with Crippen LogP contribution < -0.4 is 0 Å². The average Bonchev–Trinajstić information content (AvgIpc) is 2.89. The van der Waals surface area contributed by atoms with Crippen LogP contribution in [-0.4, -0.2) is 62.3 Å². The van der Waals surface area contributed by atoms with E-state index in [9.17, 15) is 0 Å². The van der Waals surface area contributed by atoms with Gasteiger partial charge in [-0.2, -0.15) is 0 Å². The minimum absolute atomic E-state index is 0.691. The standard InChI is InChI=1S/C11H24N2O.C3H8.C2H6/c1-10(2)13-6-5-11(9-13)12(3)7-8-14-4;1-3-2;1-2/h10-11H,5-9H2,1-4H3;3H2,1-2H3;1-2H3. The molecular weight excluding hydrogens is 236 g/mol. The topological polar surface area (TPSA) is 15.7 Å². The van der Waals surface area contributed by atoms with Crippen LogP contribution in [-0.2, 0) is 4.74 Å². The summed E-state index contributed by atoms with van der Waals surface area (Å²) in [5.41, 5.74) is 0. The van der Waals surface area contributed by atoms with Crippen LogP contribution >= 0.6 is 0 Å². The Morgan fingerprint density at radius 3 is 2.16 bits per heavy atom. The normalized spacial score (nSPS) is 18.9. The predicted molar refractivity (Wildman–Crippen MR) is 86.9 cm³/mol. The number of hydrogen-bond donors (Lipinski definition) is 0. The van der Waals surface area contributed by atoms with Crippen molar-refractivity contribution in [3.8, 4) is 0 Å². The van der Waals surface area contributed by atoms with Crippen molar-refractivity contribution in [1.29, 1.82) is 0 Å². The highest BCUT2D eigenvalue weighted by molar-refractivity contribution is 4.83. The second kappa shape index (κ2) is 14.3. The Bertz CT molecular complexity index is 174. The first-order chi connectivity index (χ1) is 9.06. The Morgan fingerprint density at radius 1 is 1.26 bits per heavy atom. The van der Waals surface area contributed by atoms with E-state index in [2.05, 4.69) is 44.5 Å². The fraction of sp³-hybridized carbons (Fsp3) is 1.00. The maximum absolute atomic E-state index is 5.09. The number of hydrogen-bond acceptors (Lipinski definition) is 3. The molecule has 0 saturated carbocycles. The van der Waals surface area contributed by atoms with Crippen LogP contribution in [0.15, 0.2) is 0 Å². The number of rotatable bonds is 5. The molecule has 1 aliphatic rings. The third-order valence-corrected chi connectivity index (χ3v) is 3.20. The van der Waals surface area contributed by atoms with Gasteiger partial charge in [-0.15, -0.1) is 0 Å². The number of methoxy groups -OCH3 is 1. The molecule has 0 bridgehead atoms. The molecule has 1 unspecified atom stereocenters. The van der Waals surface area contributed by atoms with Gasteiger partial charge in [0, 0.05) is 38.8 Å². The van der Waals surface area contributed by atoms with Gasteiger partial charge < -0.3 is 4.74 Å². The van der Waals surface area contributed by atoms with Crippen molar-refractivity contribution in [2.45, 2.75) is 66.5 Å². The minimum atomic E-state index is 0.691. The fourth-order valence-corrected chi connectivity index (χ4v) is 2.01. The molecule has 0 spiro atoms. The van der Waals surface area contributed by atoms with Crippen LogP contribution in [0.1, 0.15) is 54.4 Å². The largest absolute Gasteiger partial charge is 0.383 e. The van der Waals surface area contributed by atoms with Crippen molar-refractivity contribution in [3.63, 3.8) is 0 Å². The van der Waals surface area contributed by atoms with E-state index >= 15 is 0 Å². The Balaban J connectivity index is 0. The van der Waals surface area contributed by atoms with Crippen molar-refractivity contribution in [1.82, 2.24) is 9.80 Å². The molecule has 0 radical (unpaired) electrons. The molecule has 1 atom stereocenters. The highest BCUT2D eigenvalue weighted by Crippen LogP contribution is 2.16. The van der Waals surface area contributed by atoms with Crippen LogP contribution in [0.5, 0.6) is 0 Å². The zero-order chi connectivity index (χ0) is 15.3. The van der Waals surface area contributed by atoms with E-state index in [1.54, 1.807) is 7.11 Å². The fourth-order valence-electron chi connectivity index (χ4n) is 2.01. The molecule has 118 valence electrons. The van der Waals surface area contributed by atoms with Crippen molar-refractivity contribution < 1.29 is 4.74 Å². The molecule has 3 heteroatoms. The molecular formula is C16H38N2O.